The Kier molecular flexibility index (Phi) is 4.00. The predicted molar refractivity (Wildman–Crippen MR) is 75.2 cm³/mol. The van der Waals surface area contributed by atoms with Gasteiger partial charge in [-0.3, -0.25) is 0 Å². The van der Waals surface area contributed by atoms with Gasteiger partial charge in [-0.2, -0.15) is 35.8 Å². The first-order chi connectivity index (χ1) is 11.9. The zero-order chi connectivity index (χ0) is 19.3. The Morgan fingerprint density at radius 3 is 2.23 bits per heavy atom. The SMILES string of the molecule is Cc1cc(Nc2ccc(C(F)(F)F)c(F)c2)n2nc(C(F)(F)F)nc2n1. The number of aryl methyl sites for hydroxylation is 1. The summed E-state index contributed by atoms with van der Waals surface area (Å²) in [6, 6.07) is 3.32. The summed E-state index contributed by atoms with van der Waals surface area (Å²) in [6.45, 7) is 1.47. The van der Waals surface area contributed by atoms with E-state index in [0.717, 1.165) is 10.6 Å². The van der Waals surface area contributed by atoms with E-state index in [9.17, 15) is 30.7 Å². The molecule has 1 N–H and O–H groups in total. The fourth-order valence-electron chi connectivity index (χ4n) is 2.17. The second-order valence-electron chi connectivity index (χ2n) is 5.25. The Hall–Kier alpha value is -2.92. The predicted octanol–water partition coefficient (Wildman–Crippen LogP) is 4.35. The molecule has 12 heteroatoms. The van der Waals surface area contributed by atoms with Crippen molar-refractivity contribution in [3.05, 3.63) is 47.2 Å². The molecular formula is C14H8F7N5. The quantitative estimate of drug-likeness (QED) is 0.673. The van der Waals surface area contributed by atoms with E-state index in [-0.39, 0.29) is 23.0 Å². The molecule has 2 heterocycles. The van der Waals surface area contributed by atoms with Crippen LogP contribution in [0.15, 0.2) is 24.3 Å². The van der Waals surface area contributed by atoms with Gasteiger partial charge in [0.15, 0.2) is 0 Å². The average molecular weight is 379 g/mol. The molecule has 0 bridgehead atoms. The molecular weight excluding hydrogens is 371 g/mol. The minimum Gasteiger partial charge on any atom is -0.340 e. The van der Waals surface area contributed by atoms with E-state index in [1.54, 1.807) is 0 Å². The minimum atomic E-state index is -4.86. The average Bonchev–Trinajstić information content (AvgIpc) is 2.90. The first kappa shape index (κ1) is 17.9. The highest BCUT2D eigenvalue weighted by molar-refractivity contribution is 5.59. The number of nitrogens with zero attached hydrogens (tertiary/aromatic N) is 4. The number of anilines is 2. The molecule has 138 valence electrons. The number of fused-ring (bicyclic) bond motifs is 1. The zero-order valence-electron chi connectivity index (χ0n) is 12.7. The second-order valence-corrected chi connectivity index (χ2v) is 5.25. The molecule has 0 spiro atoms. The number of alkyl halides is 6. The molecule has 0 saturated heterocycles. The van der Waals surface area contributed by atoms with Gasteiger partial charge in [-0.15, -0.1) is 5.10 Å². The summed E-state index contributed by atoms with van der Waals surface area (Å²) in [5.74, 6) is -3.40. The lowest BCUT2D eigenvalue weighted by Gasteiger charge is -2.12. The largest absolute Gasteiger partial charge is 0.453 e. The van der Waals surface area contributed by atoms with Gasteiger partial charge in [0.1, 0.15) is 11.6 Å². The zero-order valence-corrected chi connectivity index (χ0v) is 12.7. The van der Waals surface area contributed by atoms with E-state index in [1.807, 2.05) is 0 Å². The lowest BCUT2D eigenvalue weighted by atomic mass is 10.2. The summed E-state index contributed by atoms with van der Waals surface area (Å²) < 4.78 is 90.4. The number of hydrogen-bond donors (Lipinski definition) is 1. The summed E-state index contributed by atoms with van der Waals surface area (Å²) in [5.41, 5.74) is -1.31. The van der Waals surface area contributed by atoms with E-state index < -0.39 is 29.6 Å². The third-order valence-corrected chi connectivity index (χ3v) is 3.24. The van der Waals surface area contributed by atoms with Gasteiger partial charge in [-0.25, -0.2) is 9.37 Å². The Morgan fingerprint density at radius 1 is 0.962 bits per heavy atom. The first-order valence-electron chi connectivity index (χ1n) is 6.90. The maximum atomic E-state index is 13.6. The van der Waals surface area contributed by atoms with Crippen molar-refractivity contribution < 1.29 is 30.7 Å². The topological polar surface area (TPSA) is 55.1 Å². The molecule has 5 nitrogen and oxygen atoms in total. The van der Waals surface area contributed by atoms with Crippen LogP contribution in [0.3, 0.4) is 0 Å². The second kappa shape index (κ2) is 5.81. The molecule has 1 aromatic carbocycles. The van der Waals surface area contributed by atoms with Crippen molar-refractivity contribution in [3.8, 4) is 0 Å². The maximum absolute atomic E-state index is 13.6. The molecule has 3 rings (SSSR count). The summed E-state index contributed by atoms with van der Waals surface area (Å²) >= 11 is 0. The standard InChI is InChI=1S/C14H8F7N5/c1-6-4-10(26-12(22-6)24-11(25-26)14(19,20)21)23-7-2-3-8(9(15)5-7)13(16,17)18/h2-5,23H,1H3. The lowest BCUT2D eigenvalue weighted by molar-refractivity contribution is -0.144. The van der Waals surface area contributed by atoms with Crippen molar-refractivity contribution in [1.29, 1.82) is 0 Å². The van der Waals surface area contributed by atoms with Crippen molar-refractivity contribution in [1.82, 2.24) is 19.6 Å². The van der Waals surface area contributed by atoms with Crippen molar-refractivity contribution in [2.75, 3.05) is 5.32 Å². The van der Waals surface area contributed by atoms with Crippen LogP contribution in [0.25, 0.3) is 5.78 Å². The molecule has 0 amide bonds. The number of aromatic nitrogens is 4. The molecule has 2 aromatic heterocycles. The van der Waals surface area contributed by atoms with Crippen LogP contribution in [-0.2, 0) is 12.4 Å². The number of nitrogens with one attached hydrogen (secondary N) is 1. The molecule has 26 heavy (non-hydrogen) atoms. The van der Waals surface area contributed by atoms with Gasteiger partial charge in [0.25, 0.3) is 11.6 Å². The Balaban J connectivity index is 2.03. The summed E-state index contributed by atoms with van der Waals surface area (Å²) in [6.07, 6.45) is -9.67. The molecule has 0 aliphatic carbocycles. The van der Waals surface area contributed by atoms with E-state index in [4.69, 9.17) is 0 Å². The minimum absolute atomic E-state index is 0.0744. The Morgan fingerprint density at radius 2 is 1.65 bits per heavy atom. The van der Waals surface area contributed by atoms with Gasteiger partial charge in [-0.1, -0.05) is 0 Å². The van der Waals surface area contributed by atoms with E-state index >= 15 is 0 Å². The van der Waals surface area contributed by atoms with Gasteiger partial charge in [0, 0.05) is 17.4 Å². The van der Waals surface area contributed by atoms with E-state index in [0.29, 0.717) is 12.1 Å². The molecule has 0 fully saturated rings. The molecule has 0 aliphatic rings. The highest BCUT2D eigenvalue weighted by Crippen LogP contribution is 2.33. The molecule has 3 aromatic rings. The van der Waals surface area contributed by atoms with Crippen LogP contribution in [0.5, 0.6) is 0 Å². The molecule has 0 saturated carbocycles. The highest BCUT2D eigenvalue weighted by atomic mass is 19.4. The van der Waals surface area contributed by atoms with Gasteiger partial charge in [-0.05, 0) is 25.1 Å². The van der Waals surface area contributed by atoms with Crippen molar-refractivity contribution in [2.24, 2.45) is 0 Å². The van der Waals surface area contributed by atoms with Crippen molar-refractivity contribution in [2.45, 2.75) is 19.3 Å². The van der Waals surface area contributed by atoms with Gasteiger partial charge >= 0.3 is 12.4 Å². The maximum Gasteiger partial charge on any atom is 0.453 e. The summed E-state index contributed by atoms with van der Waals surface area (Å²) in [5, 5.41) is 5.80. The van der Waals surface area contributed by atoms with Gasteiger partial charge < -0.3 is 5.32 Å². The Labute approximate surface area is 140 Å². The van der Waals surface area contributed by atoms with Crippen LogP contribution in [0.1, 0.15) is 17.1 Å². The monoisotopic (exact) mass is 379 g/mol. The van der Waals surface area contributed by atoms with Crippen molar-refractivity contribution in [3.63, 3.8) is 0 Å². The van der Waals surface area contributed by atoms with Crippen LogP contribution in [0.2, 0.25) is 0 Å². The smallest absolute Gasteiger partial charge is 0.340 e. The summed E-state index contributed by atoms with van der Waals surface area (Å²) in [7, 11) is 0. The molecule has 0 atom stereocenters. The lowest BCUT2D eigenvalue weighted by Crippen LogP contribution is -2.09. The highest BCUT2D eigenvalue weighted by Gasteiger charge is 2.37. The Bertz CT molecular complexity index is 974. The van der Waals surface area contributed by atoms with Gasteiger partial charge in [0.2, 0.25) is 0 Å². The van der Waals surface area contributed by atoms with Crippen LogP contribution in [-0.4, -0.2) is 19.6 Å². The van der Waals surface area contributed by atoms with Gasteiger partial charge in [0.05, 0.1) is 5.56 Å². The third kappa shape index (κ3) is 3.39. The van der Waals surface area contributed by atoms with Crippen LogP contribution in [0.4, 0.5) is 42.2 Å². The molecule has 0 radical (unpaired) electrons. The normalized spacial score (nSPS) is 12.6. The number of rotatable bonds is 2. The van der Waals surface area contributed by atoms with E-state index in [1.165, 1.54) is 13.0 Å². The third-order valence-electron chi connectivity index (χ3n) is 3.24. The fourth-order valence-corrected chi connectivity index (χ4v) is 2.17. The molecule has 0 aliphatic heterocycles. The number of hydrogen-bond acceptors (Lipinski definition) is 4. The van der Waals surface area contributed by atoms with Crippen LogP contribution >= 0.6 is 0 Å². The first-order valence-corrected chi connectivity index (χ1v) is 6.90. The van der Waals surface area contributed by atoms with E-state index in [2.05, 4.69) is 20.4 Å². The van der Waals surface area contributed by atoms with Crippen molar-refractivity contribution >= 4 is 17.3 Å². The summed E-state index contributed by atoms with van der Waals surface area (Å²) in [4.78, 5) is 7.07. The fraction of sp³-hybridized carbons (Fsp3) is 0.214. The van der Waals surface area contributed by atoms with Crippen LogP contribution < -0.4 is 5.32 Å². The van der Waals surface area contributed by atoms with Crippen LogP contribution in [0, 0.1) is 12.7 Å². The number of halogens is 7. The number of benzene rings is 1. The molecule has 0 unspecified atom stereocenters.